The van der Waals surface area contributed by atoms with Gasteiger partial charge in [0.05, 0.1) is 20.8 Å². The third-order valence-electron chi connectivity index (χ3n) is 2.51. The Labute approximate surface area is 123 Å². The van der Waals surface area contributed by atoms with Crippen molar-refractivity contribution in [3.63, 3.8) is 0 Å². The molecule has 102 valence electrons. The van der Waals surface area contributed by atoms with Crippen LogP contribution in [0, 0.1) is 4.77 Å². The molecule has 0 aliphatic carbocycles. The number of ether oxygens (including phenoxy) is 2. The van der Waals surface area contributed by atoms with E-state index in [4.69, 9.17) is 21.7 Å². The van der Waals surface area contributed by atoms with Crippen molar-refractivity contribution in [2.75, 3.05) is 19.6 Å². The van der Waals surface area contributed by atoms with Crippen molar-refractivity contribution in [1.29, 1.82) is 0 Å². The number of methoxy groups -OCH3 is 2. The van der Waals surface area contributed by atoms with Crippen LogP contribution in [0.15, 0.2) is 22.9 Å². The number of halogens is 1. The lowest BCUT2D eigenvalue weighted by Crippen LogP contribution is -2.14. The highest BCUT2D eigenvalue weighted by molar-refractivity contribution is 9.10. The lowest BCUT2D eigenvalue weighted by molar-refractivity contribution is 0.351. The zero-order valence-electron chi connectivity index (χ0n) is 10.4. The third-order valence-corrected chi connectivity index (χ3v) is 3.26. The number of hydrogen-bond acceptors (Lipinski definition) is 5. The van der Waals surface area contributed by atoms with Crippen molar-refractivity contribution in [3.05, 3.63) is 33.3 Å². The highest BCUT2D eigenvalue weighted by Gasteiger charge is 2.11. The molecular formula is C11H13BrN4O2S. The van der Waals surface area contributed by atoms with Crippen LogP contribution in [0.4, 0.5) is 0 Å². The molecule has 19 heavy (non-hydrogen) atoms. The minimum atomic E-state index is 0.501. The first-order valence-electron chi connectivity index (χ1n) is 5.42. The van der Waals surface area contributed by atoms with Crippen LogP contribution in [0.25, 0.3) is 0 Å². The Balaban J connectivity index is 2.26. The average molecular weight is 345 g/mol. The summed E-state index contributed by atoms with van der Waals surface area (Å²) in [5.41, 5.74) is 4.07. The molecule has 0 amide bonds. The number of hydrogen-bond donors (Lipinski definition) is 2. The molecule has 0 saturated heterocycles. The second-order valence-electron chi connectivity index (χ2n) is 3.67. The smallest absolute Gasteiger partial charge is 0.214 e. The van der Waals surface area contributed by atoms with Crippen LogP contribution in [0.1, 0.15) is 5.56 Å². The highest BCUT2D eigenvalue weighted by Crippen LogP contribution is 2.34. The van der Waals surface area contributed by atoms with E-state index < -0.39 is 0 Å². The molecule has 2 aromatic rings. The summed E-state index contributed by atoms with van der Waals surface area (Å²) >= 11 is 8.49. The summed E-state index contributed by atoms with van der Waals surface area (Å²) in [6, 6.07) is 3.81. The molecule has 1 aromatic heterocycles. The van der Waals surface area contributed by atoms with E-state index in [-0.39, 0.29) is 0 Å². The van der Waals surface area contributed by atoms with Crippen molar-refractivity contribution < 1.29 is 9.47 Å². The highest BCUT2D eigenvalue weighted by atomic mass is 79.9. The minimum absolute atomic E-state index is 0.501. The molecule has 0 saturated carbocycles. The van der Waals surface area contributed by atoms with Gasteiger partial charge >= 0.3 is 0 Å². The number of aromatic nitrogens is 3. The molecule has 8 heteroatoms. The van der Waals surface area contributed by atoms with Crippen molar-refractivity contribution in [2.24, 2.45) is 0 Å². The Hall–Kier alpha value is -1.54. The zero-order chi connectivity index (χ0) is 13.8. The van der Waals surface area contributed by atoms with Crippen LogP contribution in [-0.2, 0) is 6.54 Å². The maximum Gasteiger partial charge on any atom is 0.214 e. The lowest BCUT2D eigenvalue weighted by Gasteiger charge is -2.14. The Bertz CT molecular complexity index is 625. The second-order valence-corrected chi connectivity index (χ2v) is 4.97. The second kappa shape index (κ2) is 6.07. The normalized spacial score (nSPS) is 10.3. The van der Waals surface area contributed by atoms with Crippen LogP contribution in [-0.4, -0.2) is 29.1 Å². The fraction of sp³-hybridized carbons (Fsp3) is 0.273. The molecule has 0 radical (unpaired) electrons. The Morgan fingerprint density at radius 1 is 1.42 bits per heavy atom. The summed E-state index contributed by atoms with van der Waals surface area (Å²) in [7, 11) is 3.21. The number of aromatic amines is 1. The maximum atomic E-state index is 5.38. The minimum Gasteiger partial charge on any atom is -0.493 e. The number of nitrogens with zero attached hydrogens (tertiary/aromatic N) is 2. The summed E-state index contributed by atoms with van der Waals surface area (Å²) in [6.07, 6.45) is 1.57. The molecule has 0 bridgehead atoms. The van der Waals surface area contributed by atoms with Gasteiger partial charge in [0.15, 0.2) is 11.5 Å². The van der Waals surface area contributed by atoms with E-state index in [1.54, 1.807) is 25.2 Å². The Kier molecular flexibility index (Phi) is 4.43. The van der Waals surface area contributed by atoms with E-state index in [1.807, 2.05) is 12.1 Å². The van der Waals surface area contributed by atoms with E-state index in [9.17, 15) is 0 Å². The molecule has 0 atom stereocenters. The van der Waals surface area contributed by atoms with Crippen molar-refractivity contribution >= 4 is 28.1 Å². The van der Waals surface area contributed by atoms with Gasteiger partial charge in [-0.15, -0.1) is 0 Å². The van der Waals surface area contributed by atoms with Crippen LogP contribution in [0.2, 0.25) is 0 Å². The van der Waals surface area contributed by atoms with Crippen LogP contribution < -0.4 is 14.9 Å². The number of nitrogens with one attached hydrogen (secondary N) is 2. The summed E-state index contributed by atoms with van der Waals surface area (Å²) < 4.78 is 13.7. The monoisotopic (exact) mass is 344 g/mol. The predicted octanol–water partition coefficient (Wildman–Crippen LogP) is 2.46. The Morgan fingerprint density at radius 3 is 2.79 bits per heavy atom. The van der Waals surface area contributed by atoms with E-state index in [0.29, 0.717) is 22.8 Å². The van der Waals surface area contributed by atoms with E-state index in [2.05, 4.69) is 31.6 Å². The van der Waals surface area contributed by atoms with Gasteiger partial charge in [-0.3, -0.25) is 5.10 Å². The Morgan fingerprint density at radius 2 is 2.21 bits per heavy atom. The van der Waals surface area contributed by atoms with Gasteiger partial charge in [-0.1, -0.05) is 15.9 Å². The van der Waals surface area contributed by atoms with Crippen LogP contribution in [0.3, 0.4) is 0 Å². The van der Waals surface area contributed by atoms with E-state index in [0.717, 1.165) is 10.0 Å². The summed E-state index contributed by atoms with van der Waals surface area (Å²) in [5.74, 6) is 1.36. The first kappa shape index (κ1) is 13.9. The predicted molar refractivity (Wildman–Crippen MR) is 77.7 cm³/mol. The van der Waals surface area contributed by atoms with Crippen molar-refractivity contribution in [1.82, 2.24) is 14.9 Å². The fourth-order valence-electron chi connectivity index (χ4n) is 1.67. The number of H-pyrrole nitrogens is 1. The molecule has 2 N–H and O–H groups in total. The maximum absolute atomic E-state index is 5.38. The molecule has 1 heterocycles. The molecule has 6 nitrogen and oxygen atoms in total. The molecule has 0 fully saturated rings. The van der Waals surface area contributed by atoms with Gasteiger partial charge in [-0.05, 0) is 24.4 Å². The van der Waals surface area contributed by atoms with Gasteiger partial charge in [0.25, 0.3) is 0 Å². The van der Waals surface area contributed by atoms with Crippen LogP contribution >= 0.6 is 28.1 Å². The van der Waals surface area contributed by atoms with Gasteiger partial charge in [-0.25, -0.2) is 4.68 Å². The molecule has 0 aliphatic rings. The van der Waals surface area contributed by atoms with Crippen molar-refractivity contribution in [3.8, 4) is 11.5 Å². The molecule has 2 rings (SSSR count). The largest absolute Gasteiger partial charge is 0.493 e. The summed E-state index contributed by atoms with van der Waals surface area (Å²) in [4.78, 5) is 0. The van der Waals surface area contributed by atoms with Crippen molar-refractivity contribution in [2.45, 2.75) is 6.54 Å². The molecule has 0 spiro atoms. The lowest BCUT2D eigenvalue weighted by atomic mass is 10.2. The summed E-state index contributed by atoms with van der Waals surface area (Å²) in [5, 5.41) is 6.50. The quantitative estimate of drug-likeness (QED) is 0.815. The van der Waals surface area contributed by atoms with Crippen LogP contribution in [0.5, 0.6) is 11.5 Å². The van der Waals surface area contributed by atoms with Gasteiger partial charge < -0.3 is 14.9 Å². The molecule has 0 unspecified atom stereocenters. The van der Waals surface area contributed by atoms with Gasteiger partial charge in [0.2, 0.25) is 4.77 Å². The number of benzene rings is 1. The fourth-order valence-corrected chi connectivity index (χ4v) is 2.32. The average Bonchev–Trinajstić information content (AvgIpc) is 2.81. The first-order chi connectivity index (χ1) is 9.15. The van der Waals surface area contributed by atoms with E-state index >= 15 is 0 Å². The molecule has 1 aromatic carbocycles. The SMILES string of the molecule is COc1cc(Br)cc(CNn2cn[nH]c2=S)c1OC. The molecule has 0 aliphatic heterocycles. The molecular weight excluding hydrogens is 332 g/mol. The number of rotatable bonds is 5. The van der Waals surface area contributed by atoms with E-state index in [1.165, 1.54) is 0 Å². The zero-order valence-corrected chi connectivity index (χ0v) is 12.8. The third kappa shape index (κ3) is 3.07. The first-order valence-corrected chi connectivity index (χ1v) is 6.62. The summed E-state index contributed by atoms with van der Waals surface area (Å²) in [6.45, 7) is 0.521. The topological polar surface area (TPSA) is 64.1 Å². The van der Waals surface area contributed by atoms with Gasteiger partial charge in [-0.2, -0.15) is 5.10 Å². The van der Waals surface area contributed by atoms with Gasteiger partial charge in [0.1, 0.15) is 6.33 Å². The standard InChI is InChI=1S/C11H13BrN4O2S/c1-17-9-4-8(12)3-7(10(9)18-2)5-14-16-6-13-15-11(16)19/h3-4,6,14H,5H2,1-2H3,(H,15,19). The van der Waals surface area contributed by atoms with Gasteiger partial charge in [0, 0.05) is 10.0 Å².